The zero-order valence-corrected chi connectivity index (χ0v) is 14.7. The van der Waals surface area contributed by atoms with Crippen molar-refractivity contribution in [2.24, 2.45) is 0 Å². The molecule has 1 aromatic rings. The zero-order valence-electron chi connectivity index (χ0n) is 16.7. The van der Waals surface area contributed by atoms with E-state index in [2.05, 4.69) is 33.9 Å². The lowest BCUT2D eigenvalue weighted by Gasteiger charge is -2.36. The van der Waals surface area contributed by atoms with Gasteiger partial charge in [-0.3, -0.25) is 0 Å². The minimum absolute atomic E-state index is 0.0457. The van der Waals surface area contributed by atoms with Gasteiger partial charge in [0.1, 0.15) is 5.75 Å². The van der Waals surface area contributed by atoms with Crippen molar-refractivity contribution in [1.29, 1.82) is 0 Å². The highest BCUT2D eigenvalue weighted by atomic mass is 28.4. The molecule has 0 spiro atoms. The molecule has 0 N–H and O–H groups in total. The Morgan fingerprint density at radius 2 is 1.95 bits per heavy atom. The SMILES string of the molecule is [2H]/C(=C\C(=O)OCC)c1cc([2H])c(O[Si](C)(C)C(C)(C)C)c([2H])c1. The fourth-order valence-corrected chi connectivity index (χ4v) is 2.18. The van der Waals surface area contributed by atoms with E-state index in [4.69, 9.17) is 13.3 Å². The highest BCUT2D eigenvalue weighted by Crippen LogP contribution is 2.37. The molecule has 0 aliphatic rings. The molecule has 0 saturated carbocycles. The van der Waals surface area contributed by atoms with Crippen molar-refractivity contribution in [2.45, 2.75) is 45.8 Å². The van der Waals surface area contributed by atoms with Gasteiger partial charge in [0, 0.05) is 6.08 Å². The summed E-state index contributed by atoms with van der Waals surface area (Å²) in [5.41, 5.74) is 0.320. The van der Waals surface area contributed by atoms with Gasteiger partial charge in [0.25, 0.3) is 0 Å². The molecule has 0 atom stereocenters. The molecule has 0 aliphatic heterocycles. The van der Waals surface area contributed by atoms with Gasteiger partial charge in [-0.05, 0) is 48.8 Å². The minimum atomic E-state index is -2.17. The third kappa shape index (κ3) is 5.38. The minimum Gasteiger partial charge on any atom is -0.544 e. The van der Waals surface area contributed by atoms with Crippen LogP contribution in [0, 0.1) is 0 Å². The molecule has 3 nitrogen and oxygen atoms in total. The number of rotatable bonds is 5. The summed E-state index contributed by atoms with van der Waals surface area (Å²) in [6.45, 7) is 12.3. The average molecular weight is 309 g/mol. The lowest BCUT2D eigenvalue weighted by Crippen LogP contribution is -2.43. The summed E-state index contributed by atoms with van der Waals surface area (Å²) >= 11 is 0. The normalized spacial score (nSPS) is 15.0. The van der Waals surface area contributed by atoms with Gasteiger partial charge in [0.15, 0.2) is 0 Å². The molecule has 0 amide bonds. The maximum Gasteiger partial charge on any atom is 0.330 e. The first-order chi connectivity index (χ1) is 10.9. The Labute approximate surface area is 133 Å². The zero-order chi connectivity index (χ0) is 18.7. The molecule has 4 heteroatoms. The highest BCUT2D eigenvalue weighted by molar-refractivity contribution is 6.74. The number of hydrogen-bond donors (Lipinski definition) is 0. The van der Waals surface area contributed by atoms with Crippen molar-refractivity contribution >= 4 is 20.3 Å². The summed E-state index contributed by atoms with van der Waals surface area (Å²) in [6, 6.07) is 2.89. The van der Waals surface area contributed by atoms with Crippen molar-refractivity contribution in [1.82, 2.24) is 0 Å². The Bertz CT molecular complexity index is 626. The molecule has 1 rings (SSSR count). The summed E-state index contributed by atoms with van der Waals surface area (Å²) in [4.78, 5) is 11.4. The maximum atomic E-state index is 11.4. The van der Waals surface area contributed by atoms with Crippen LogP contribution >= 0.6 is 0 Å². The number of benzene rings is 1. The van der Waals surface area contributed by atoms with Gasteiger partial charge in [-0.25, -0.2) is 4.79 Å². The third-order valence-electron chi connectivity index (χ3n) is 3.52. The summed E-state index contributed by atoms with van der Waals surface area (Å²) in [6.07, 6.45) is 1.05. The monoisotopic (exact) mass is 309 g/mol. The highest BCUT2D eigenvalue weighted by Gasteiger charge is 2.38. The fourth-order valence-electron chi connectivity index (χ4n) is 1.25. The van der Waals surface area contributed by atoms with Crippen molar-refractivity contribution < 1.29 is 18.1 Å². The molecule has 0 unspecified atom stereocenters. The molecule has 21 heavy (non-hydrogen) atoms. The molecule has 0 saturated heterocycles. The van der Waals surface area contributed by atoms with E-state index in [9.17, 15) is 4.79 Å². The Hall–Kier alpha value is -1.55. The summed E-state index contributed by atoms with van der Waals surface area (Å²) < 4.78 is 35.1. The van der Waals surface area contributed by atoms with Crippen LogP contribution in [0.4, 0.5) is 0 Å². The molecule has 0 bridgehead atoms. The molecule has 1 aromatic carbocycles. The first-order valence-electron chi connectivity index (χ1n) is 8.54. The van der Waals surface area contributed by atoms with Crippen molar-refractivity contribution in [3.8, 4) is 5.75 Å². The molecular weight excluding hydrogens is 280 g/mol. The van der Waals surface area contributed by atoms with Crippen molar-refractivity contribution in [3.63, 3.8) is 0 Å². The number of ether oxygens (including phenoxy) is 1. The van der Waals surface area contributed by atoms with Crippen LogP contribution < -0.4 is 4.43 Å². The maximum absolute atomic E-state index is 11.4. The van der Waals surface area contributed by atoms with E-state index in [-0.39, 0.29) is 35.5 Å². The van der Waals surface area contributed by atoms with Gasteiger partial charge in [-0.2, -0.15) is 0 Å². The van der Waals surface area contributed by atoms with Crippen LogP contribution in [0.3, 0.4) is 0 Å². The van der Waals surface area contributed by atoms with E-state index in [1.54, 1.807) is 6.92 Å². The van der Waals surface area contributed by atoms with Gasteiger partial charge in [-0.15, -0.1) is 0 Å². The summed E-state index contributed by atoms with van der Waals surface area (Å²) in [5.74, 6) is -0.378. The van der Waals surface area contributed by atoms with Crippen LogP contribution in [-0.2, 0) is 9.53 Å². The largest absolute Gasteiger partial charge is 0.544 e. The first-order valence-corrected chi connectivity index (χ1v) is 9.95. The van der Waals surface area contributed by atoms with E-state index >= 15 is 0 Å². The molecule has 0 aliphatic carbocycles. The van der Waals surface area contributed by atoms with Crippen LogP contribution in [0.15, 0.2) is 30.3 Å². The van der Waals surface area contributed by atoms with Gasteiger partial charge < -0.3 is 9.16 Å². The molecule has 0 fully saturated rings. The number of hydrogen-bond acceptors (Lipinski definition) is 3. The van der Waals surface area contributed by atoms with Crippen LogP contribution in [0.25, 0.3) is 6.05 Å². The van der Waals surface area contributed by atoms with E-state index in [0.29, 0.717) is 5.56 Å². The van der Waals surface area contributed by atoms with Gasteiger partial charge >= 0.3 is 5.97 Å². The third-order valence-corrected chi connectivity index (χ3v) is 7.85. The number of carbonyl (C=O) groups is 1. The van der Waals surface area contributed by atoms with Crippen LogP contribution in [-0.4, -0.2) is 20.9 Å². The number of esters is 1. The molecule has 0 heterocycles. The Morgan fingerprint density at radius 3 is 2.43 bits per heavy atom. The average Bonchev–Trinajstić information content (AvgIpc) is 2.41. The van der Waals surface area contributed by atoms with E-state index in [0.717, 1.165) is 6.08 Å². The second kappa shape index (κ2) is 6.94. The lowest BCUT2D eigenvalue weighted by atomic mass is 10.2. The van der Waals surface area contributed by atoms with E-state index in [1.807, 2.05) is 0 Å². The van der Waals surface area contributed by atoms with E-state index < -0.39 is 14.3 Å². The quantitative estimate of drug-likeness (QED) is 0.451. The molecule has 0 aromatic heterocycles. The van der Waals surface area contributed by atoms with Gasteiger partial charge in [-0.1, -0.05) is 32.9 Å². The molecule has 0 radical (unpaired) electrons. The van der Waals surface area contributed by atoms with Crippen LogP contribution in [0.2, 0.25) is 18.1 Å². The van der Waals surface area contributed by atoms with Crippen molar-refractivity contribution in [3.05, 3.63) is 35.9 Å². The second-order valence-corrected chi connectivity index (χ2v) is 11.0. The fraction of sp³-hybridized carbons (Fsp3) is 0.471. The summed E-state index contributed by atoms with van der Waals surface area (Å²) in [7, 11) is -2.17. The molecular formula is C17H26O3Si. The van der Waals surface area contributed by atoms with Crippen LogP contribution in [0.1, 0.15) is 37.4 Å². The van der Waals surface area contributed by atoms with Crippen LogP contribution in [0.5, 0.6) is 5.75 Å². The predicted molar refractivity (Wildman–Crippen MR) is 89.9 cm³/mol. The second-order valence-electron chi connectivity index (χ2n) is 6.26. The van der Waals surface area contributed by atoms with Gasteiger partial charge in [0.2, 0.25) is 8.32 Å². The van der Waals surface area contributed by atoms with E-state index in [1.165, 1.54) is 12.1 Å². The Kier molecular flexibility index (Phi) is 4.34. The Balaban J connectivity index is 3.17. The predicted octanol–water partition coefficient (Wildman–Crippen LogP) is 4.65. The standard InChI is InChI=1S/C17H26O3Si/c1-7-19-16(18)13-10-14-8-11-15(12-9-14)20-21(5,6)17(2,3)4/h8-13H,7H2,1-6H3/b13-10+/i10D,11D,12D. The summed E-state index contributed by atoms with van der Waals surface area (Å²) in [5, 5.41) is -0.0467. The Morgan fingerprint density at radius 1 is 1.38 bits per heavy atom. The van der Waals surface area contributed by atoms with Gasteiger partial charge in [0.05, 0.1) is 10.7 Å². The smallest absolute Gasteiger partial charge is 0.330 e. The lowest BCUT2D eigenvalue weighted by molar-refractivity contribution is -0.137. The topological polar surface area (TPSA) is 35.5 Å². The first kappa shape index (κ1) is 13.1. The number of carbonyl (C=O) groups excluding carboxylic acids is 1. The molecule has 116 valence electrons. The van der Waals surface area contributed by atoms with Crippen molar-refractivity contribution in [2.75, 3.05) is 6.61 Å².